The minimum absolute atomic E-state index is 0.0959. The Morgan fingerprint density at radius 2 is 1.89 bits per heavy atom. The minimum Gasteiger partial charge on any atom is -0.489 e. The van der Waals surface area contributed by atoms with Gasteiger partial charge in [0.25, 0.3) is 5.91 Å². The highest BCUT2D eigenvalue weighted by atomic mass is 16.5. The Morgan fingerprint density at radius 3 is 2.46 bits per heavy atom. The zero-order chi connectivity index (χ0) is 21.2. The van der Waals surface area contributed by atoms with Crippen LogP contribution in [0.4, 0.5) is 5.69 Å². The minimum atomic E-state index is -0.955. The third-order valence-electron chi connectivity index (χ3n) is 5.38. The molecule has 0 saturated carbocycles. The van der Waals surface area contributed by atoms with Gasteiger partial charge in [-0.2, -0.15) is 0 Å². The number of benzene rings is 1. The molecule has 2 rings (SSSR count). The fourth-order valence-electron chi connectivity index (χ4n) is 3.11. The van der Waals surface area contributed by atoms with Crippen LogP contribution in [0, 0.1) is 0 Å². The van der Waals surface area contributed by atoms with Crippen LogP contribution in [0.1, 0.15) is 30.6 Å². The molecule has 0 aromatic heterocycles. The van der Waals surface area contributed by atoms with E-state index in [9.17, 15) is 14.4 Å². The topological polar surface area (TPSA) is 82.2 Å². The van der Waals surface area contributed by atoms with E-state index in [1.165, 1.54) is 9.80 Å². The summed E-state index contributed by atoms with van der Waals surface area (Å²) in [5.41, 5.74) is 0.373. The third-order valence-corrected chi connectivity index (χ3v) is 5.38. The van der Waals surface area contributed by atoms with Gasteiger partial charge in [0, 0.05) is 40.8 Å². The number of likely N-dealkylation sites (N-methyl/N-ethyl adjacent to an activating group) is 3. The Labute approximate surface area is 166 Å². The van der Waals surface area contributed by atoms with E-state index in [2.05, 4.69) is 5.32 Å². The lowest BCUT2D eigenvalue weighted by Gasteiger charge is -2.39. The SMILES string of the molecule is CNC(=O)C(C)(C)N(C)C(=O)C[C@@H]1COc2ccc(C(=O)N(C)C)cc2N1C. The number of amides is 3. The molecule has 0 aliphatic carbocycles. The molecule has 1 aromatic rings. The zero-order valence-corrected chi connectivity index (χ0v) is 17.7. The summed E-state index contributed by atoms with van der Waals surface area (Å²) in [7, 11) is 8.46. The quantitative estimate of drug-likeness (QED) is 0.810. The van der Waals surface area contributed by atoms with E-state index in [-0.39, 0.29) is 30.2 Å². The Kier molecular flexibility index (Phi) is 6.21. The van der Waals surface area contributed by atoms with Crippen LogP contribution in [0.2, 0.25) is 0 Å². The van der Waals surface area contributed by atoms with E-state index in [0.717, 1.165) is 5.69 Å². The fraction of sp³-hybridized carbons (Fsp3) is 0.550. The monoisotopic (exact) mass is 390 g/mol. The van der Waals surface area contributed by atoms with Crippen molar-refractivity contribution in [2.75, 3.05) is 46.7 Å². The van der Waals surface area contributed by atoms with E-state index in [1.807, 2.05) is 11.9 Å². The maximum absolute atomic E-state index is 12.8. The number of rotatable bonds is 5. The summed E-state index contributed by atoms with van der Waals surface area (Å²) in [6.45, 7) is 3.77. The molecule has 1 N–H and O–H groups in total. The first-order valence-electron chi connectivity index (χ1n) is 9.20. The molecule has 8 heteroatoms. The van der Waals surface area contributed by atoms with Crippen LogP contribution in [0.5, 0.6) is 5.75 Å². The first-order valence-corrected chi connectivity index (χ1v) is 9.20. The van der Waals surface area contributed by atoms with E-state index < -0.39 is 5.54 Å². The smallest absolute Gasteiger partial charge is 0.253 e. The second-order valence-electron chi connectivity index (χ2n) is 7.75. The summed E-state index contributed by atoms with van der Waals surface area (Å²) in [5, 5.41) is 2.59. The maximum Gasteiger partial charge on any atom is 0.253 e. The van der Waals surface area contributed by atoms with Crippen LogP contribution >= 0.6 is 0 Å². The average molecular weight is 390 g/mol. The third kappa shape index (κ3) is 4.05. The van der Waals surface area contributed by atoms with Gasteiger partial charge in [-0.25, -0.2) is 0 Å². The largest absolute Gasteiger partial charge is 0.489 e. The second kappa shape index (κ2) is 8.08. The number of anilines is 1. The van der Waals surface area contributed by atoms with Crippen molar-refractivity contribution in [2.45, 2.75) is 31.8 Å². The van der Waals surface area contributed by atoms with E-state index >= 15 is 0 Å². The van der Waals surface area contributed by atoms with E-state index in [1.54, 1.807) is 60.2 Å². The maximum atomic E-state index is 12.8. The van der Waals surface area contributed by atoms with Crippen molar-refractivity contribution in [3.63, 3.8) is 0 Å². The second-order valence-corrected chi connectivity index (χ2v) is 7.75. The standard InChI is InChI=1S/C20H30N4O4/c1-20(2,19(27)21-3)24(7)17(25)11-14-12-28-16-9-8-13(18(26)22(4)5)10-15(16)23(14)6/h8-10,14H,11-12H2,1-7H3,(H,21,27)/t14-/m1/s1. The van der Waals surface area contributed by atoms with Crippen molar-refractivity contribution in [1.82, 2.24) is 15.1 Å². The Hall–Kier alpha value is -2.77. The number of nitrogens with one attached hydrogen (secondary N) is 1. The highest BCUT2D eigenvalue weighted by Crippen LogP contribution is 2.35. The lowest BCUT2D eigenvalue weighted by atomic mass is 10.0. The molecule has 0 fully saturated rings. The van der Waals surface area contributed by atoms with Crippen molar-refractivity contribution >= 4 is 23.4 Å². The van der Waals surface area contributed by atoms with Gasteiger partial charge in [0.15, 0.2) is 0 Å². The molecule has 0 bridgehead atoms. The van der Waals surface area contributed by atoms with Crippen molar-refractivity contribution in [2.24, 2.45) is 0 Å². The summed E-state index contributed by atoms with van der Waals surface area (Å²) in [4.78, 5) is 42.1. The number of fused-ring (bicyclic) bond motifs is 1. The van der Waals surface area contributed by atoms with Crippen LogP contribution in [-0.2, 0) is 9.59 Å². The summed E-state index contributed by atoms with van der Waals surface area (Å²) in [6, 6.07) is 5.10. The first kappa shape index (κ1) is 21.5. The number of hydrogen-bond acceptors (Lipinski definition) is 5. The molecule has 8 nitrogen and oxygen atoms in total. The number of hydrogen-bond donors (Lipinski definition) is 1. The summed E-state index contributed by atoms with van der Waals surface area (Å²) in [6.07, 6.45) is 0.193. The number of carbonyl (C=O) groups is 3. The highest BCUT2D eigenvalue weighted by Gasteiger charge is 2.36. The van der Waals surface area contributed by atoms with Gasteiger partial charge in [-0.1, -0.05) is 0 Å². The van der Waals surface area contributed by atoms with Crippen LogP contribution in [0.25, 0.3) is 0 Å². The van der Waals surface area contributed by atoms with Gasteiger partial charge < -0.3 is 24.8 Å². The fourth-order valence-corrected chi connectivity index (χ4v) is 3.11. The molecule has 1 aromatic carbocycles. The average Bonchev–Trinajstić information content (AvgIpc) is 2.67. The van der Waals surface area contributed by atoms with Gasteiger partial charge in [0.05, 0.1) is 18.2 Å². The van der Waals surface area contributed by atoms with Gasteiger partial charge in [-0.3, -0.25) is 14.4 Å². The van der Waals surface area contributed by atoms with Crippen LogP contribution < -0.4 is 15.0 Å². The molecule has 0 unspecified atom stereocenters. The lowest BCUT2D eigenvalue weighted by molar-refractivity contribution is -0.144. The molecule has 0 saturated heterocycles. The Bertz CT molecular complexity index is 775. The summed E-state index contributed by atoms with van der Waals surface area (Å²) < 4.78 is 5.82. The zero-order valence-electron chi connectivity index (χ0n) is 17.7. The highest BCUT2D eigenvalue weighted by molar-refractivity contribution is 5.95. The number of nitrogens with zero attached hydrogens (tertiary/aromatic N) is 3. The normalized spacial score (nSPS) is 16.0. The summed E-state index contributed by atoms with van der Waals surface area (Å²) in [5.74, 6) is 0.203. The van der Waals surface area contributed by atoms with Gasteiger partial charge in [0.1, 0.15) is 17.9 Å². The van der Waals surface area contributed by atoms with Gasteiger partial charge in [-0.05, 0) is 32.0 Å². The lowest BCUT2D eigenvalue weighted by Crippen LogP contribution is -2.56. The first-order chi connectivity index (χ1) is 13.0. The molecule has 3 amide bonds. The van der Waals surface area contributed by atoms with Crippen molar-refractivity contribution in [1.29, 1.82) is 0 Å². The number of carbonyl (C=O) groups excluding carboxylic acids is 3. The molecule has 154 valence electrons. The molecular formula is C20H30N4O4. The molecule has 1 aliphatic rings. The Morgan fingerprint density at radius 1 is 1.25 bits per heavy atom. The molecule has 28 heavy (non-hydrogen) atoms. The molecule has 1 atom stereocenters. The van der Waals surface area contributed by atoms with Crippen LogP contribution in [0.3, 0.4) is 0 Å². The number of ether oxygens (including phenoxy) is 1. The predicted octanol–water partition coefficient (Wildman–Crippen LogP) is 0.959. The van der Waals surface area contributed by atoms with Crippen molar-refractivity contribution in [3.8, 4) is 5.75 Å². The molecule has 0 spiro atoms. The Balaban J connectivity index is 2.18. The molecule has 1 aliphatic heterocycles. The van der Waals surface area contributed by atoms with Crippen molar-refractivity contribution in [3.05, 3.63) is 23.8 Å². The van der Waals surface area contributed by atoms with Gasteiger partial charge >= 0.3 is 0 Å². The van der Waals surface area contributed by atoms with Crippen LogP contribution in [0.15, 0.2) is 18.2 Å². The van der Waals surface area contributed by atoms with Crippen molar-refractivity contribution < 1.29 is 19.1 Å². The summed E-state index contributed by atoms with van der Waals surface area (Å²) >= 11 is 0. The van der Waals surface area contributed by atoms with Crippen LogP contribution in [-0.4, -0.2) is 80.9 Å². The van der Waals surface area contributed by atoms with E-state index in [0.29, 0.717) is 17.9 Å². The molecular weight excluding hydrogens is 360 g/mol. The molecule has 0 radical (unpaired) electrons. The predicted molar refractivity (Wildman–Crippen MR) is 108 cm³/mol. The van der Waals surface area contributed by atoms with Gasteiger partial charge in [-0.15, -0.1) is 0 Å². The van der Waals surface area contributed by atoms with Gasteiger partial charge in [0.2, 0.25) is 11.8 Å². The molecule has 1 heterocycles. The van der Waals surface area contributed by atoms with E-state index in [4.69, 9.17) is 4.74 Å².